The molecule has 0 heterocycles. The van der Waals surface area contributed by atoms with Gasteiger partial charge in [0.15, 0.2) is 0 Å². The maximum absolute atomic E-state index is 13.9. The first-order valence-electron chi connectivity index (χ1n) is 6.62. The number of nitrogens with zero attached hydrogens (tertiary/aromatic N) is 1. The molecule has 0 aromatic heterocycles. The van der Waals surface area contributed by atoms with Crippen molar-refractivity contribution in [1.29, 1.82) is 0 Å². The van der Waals surface area contributed by atoms with E-state index in [0.29, 0.717) is 12.0 Å². The summed E-state index contributed by atoms with van der Waals surface area (Å²) in [5, 5.41) is 14.0. The van der Waals surface area contributed by atoms with Crippen LogP contribution in [0.1, 0.15) is 32.8 Å². The summed E-state index contributed by atoms with van der Waals surface area (Å²) >= 11 is 0. The van der Waals surface area contributed by atoms with E-state index in [1.165, 1.54) is 12.1 Å². The van der Waals surface area contributed by atoms with E-state index in [0.717, 1.165) is 13.0 Å². The van der Waals surface area contributed by atoms with Crippen LogP contribution in [-0.4, -0.2) is 17.5 Å². The smallest absolute Gasteiger partial charge is 0.305 e. The molecule has 0 bridgehead atoms. The quantitative estimate of drug-likeness (QED) is 0.609. The van der Waals surface area contributed by atoms with Crippen molar-refractivity contribution in [1.82, 2.24) is 5.32 Å². The Morgan fingerprint density at radius 1 is 1.42 bits per heavy atom. The van der Waals surface area contributed by atoms with Crippen molar-refractivity contribution < 1.29 is 9.31 Å². The van der Waals surface area contributed by atoms with Gasteiger partial charge in [-0.2, -0.15) is 4.39 Å². The van der Waals surface area contributed by atoms with Crippen LogP contribution in [-0.2, 0) is 6.42 Å². The summed E-state index contributed by atoms with van der Waals surface area (Å²) in [6.45, 7) is 7.08. The van der Waals surface area contributed by atoms with Gasteiger partial charge in [-0.3, -0.25) is 10.1 Å². The second kappa shape index (κ2) is 7.19. The first kappa shape index (κ1) is 15.6. The van der Waals surface area contributed by atoms with Crippen molar-refractivity contribution in [2.24, 2.45) is 5.92 Å². The number of rotatable bonds is 7. The van der Waals surface area contributed by atoms with E-state index in [4.69, 9.17) is 0 Å². The molecule has 2 unspecified atom stereocenters. The summed E-state index contributed by atoms with van der Waals surface area (Å²) in [5.74, 6) is -0.495. The fourth-order valence-electron chi connectivity index (χ4n) is 1.96. The Morgan fingerprint density at radius 2 is 2.11 bits per heavy atom. The molecule has 1 aromatic rings. The van der Waals surface area contributed by atoms with Crippen molar-refractivity contribution >= 4 is 5.69 Å². The van der Waals surface area contributed by atoms with E-state index in [1.807, 2.05) is 6.92 Å². The third-order valence-electron chi connectivity index (χ3n) is 3.37. The van der Waals surface area contributed by atoms with Gasteiger partial charge in [-0.15, -0.1) is 0 Å². The van der Waals surface area contributed by atoms with Crippen LogP contribution in [0.2, 0.25) is 0 Å². The molecule has 0 saturated heterocycles. The minimum Gasteiger partial charge on any atom is -0.314 e. The SMILES string of the molecule is CCCNC(C)C(C)Cc1cccc([N+](=O)[O-])c1F. The van der Waals surface area contributed by atoms with Gasteiger partial charge in [0.25, 0.3) is 0 Å². The van der Waals surface area contributed by atoms with E-state index < -0.39 is 16.4 Å². The number of benzene rings is 1. The van der Waals surface area contributed by atoms with Gasteiger partial charge in [0.05, 0.1) is 4.92 Å². The number of nitro benzene ring substituents is 1. The molecule has 1 aromatic carbocycles. The lowest BCUT2D eigenvalue weighted by molar-refractivity contribution is -0.387. The maximum Gasteiger partial charge on any atom is 0.305 e. The Bertz CT molecular complexity index is 437. The van der Waals surface area contributed by atoms with Crippen molar-refractivity contribution in [2.75, 3.05) is 6.54 Å². The van der Waals surface area contributed by atoms with Crippen LogP contribution in [0.15, 0.2) is 18.2 Å². The van der Waals surface area contributed by atoms with Crippen molar-refractivity contribution in [3.8, 4) is 0 Å². The predicted octanol–water partition coefficient (Wildman–Crippen LogP) is 3.30. The van der Waals surface area contributed by atoms with Crippen LogP contribution in [0.4, 0.5) is 10.1 Å². The second-order valence-corrected chi connectivity index (χ2v) is 4.93. The lowest BCUT2D eigenvalue weighted by atomic mass is 9.94. The van der Waals surface area contributed by atoms with Crippen molar-refractivity contribution in [2.45, 2.75) is 39.7 Å². The molecule has 0 fully saturated rings. The van der Waals surface area contributed by atoms with Gasteiger partial charge in [-0.25, -0.2) is 0 Å². The minimum atomic E-state index is -0.706. The Hall–Kier alpha value is -1.49. The molecule has 5 heteroatoms. The molecule has 4 nitrogen and oxygen atoms in total. The fourth-order valence-corrected chi connectivity index (χ4v) is 1.96. The van der Waals surface area contributed by atoms with E-state index >= 15 is 0 Å². The number of hydrogen-bond donors (Lipinski definition) is 1. The van der Waals surface area contributed by atoms with Gasteiger partial charge in [0, 0.05) is 12.1 Å². The lowest BCUT2D eigenvalue weighted by Crippen LogP contribution is -2.33. The van der Waals surface area contributed by atoms with Gasteiger partial charge >= 0.3 is 5.69 Å². The molecule has 1 rings (SSSR count). The van der Waals surface area contributed by atoms with Crippen molar-refractivity contribution in [3.63, 3.8) is 0 Å². The van der Waals surface area contributed by atoms with Crippen LogP contribution in [0, 0.1) is 21.8 Å². The first-order chi connectivity index (χ1) is 8.97. The molecule has 0 aliphatic rings. The lowest BCUT2D eigenvalue weighted by Gasteiger charge is -2.21. The molecule has 0 radical (unpaired) electrons. The van der Waals surface area contributed by atoms with Gasteiger partial charge in [0.1, 0.15) is 0 Å². The summed E-state index contributed by atoms with van der Waals surface area (Å²) in [6.07, 6.45) is 1.54. The van der Waals surface area contributed by atoms with E-state index in [2.05, 4.69) is 19.2 Å². The van der Waals surface area contributed by atoms with E-state index in [-0.39, 0.29) is 12.0 Å². The molecule has 0 aliphatic heterocycles. The molecule has 0 saturated carbocycles. The number of halogens is 1. The molecular weight excluding hydrogens is 247 g/mol. The summed E-state index contributed by atoms with van der Waals surface area (Å²) < 4.78 is 13.9. The highest BCUT2D eigenvalue weighted by atomic mass is 19.1. The summed E-state index contributed by atoms with van der Waals surface area (Å²) in [6, 6.07) is 4.60. The van der Waals surface area contributed by atoms with Crippen LogP contribution in [0.3, 0.4) is 0 Å². The topological polar surface area (TPSA) is 55.2 Å². The summed E-state index contributed by atoms with van der Waals surface area (Å²) in [5.41, 5.74) is -0.0364. The summed E-state index contributed by atoms with van der Waals surface area (Å²) in [4.78, 5) is 10.0. The Balaban J connectivity index is 2.76. The molecule has 19 heavy (non-hydrogen) atoms. The van der Waals surface area contributed by atoms with E-state index in [9.17, 15) is 14.5 Å². The molecular formula is C14H21FN2O2. The Morgan fingerprint density at radius 3 is 2.68 bits per heavy atom. The van der Waals surface area contributed by atoms with Crippen LogP contribution >= 0.6 is 0 Å². The van der Waals surface area contributed by atoms with Gasteiger partial charge in [-0.05, 0) is 37.8 Å². The molecule has 0 spiro atoms. The highest BCUT2D eigenvalue weighted by Crippen LogP contribution is 2.23. The molecule has 106 valence electrons. The fraction of sp³-hybridized carbons (Fsp3) is 0.571. The van der Waals surface area contributed by atoms with Crippen LogP contribution in [0.25, 0.3) is 0 Å². The third-order valence-corrected chi connectivity index (χ3v) is 3.37. The largest absolute Gasteiger partial charge is 0.314 e. The van der Waals surface area contributed by atoms with E-state index in [1.54, 1.807) is 6.07 Å². The maximum atomic E-state index is 13.9. The number of nitrogens with one attached hydrogen (secondary N) is 1. The highest BCUT2D eigenvalue weighted by Gasteiger charge is 2.20. The zero-order valence-corrected chi connectivity index (χ0v) is 11.6. The van der Waals surface area contributed by atoms with Gasteiger partial charge < -0.3 is 5.32 Å². The monoisotopic (exact) mass is 268 g/mol. The third kappa shape index (κ3) is 4.28. The minimum absolute atomic E-state index is 0.211. The van der Waals surface area contributed by atoms with Crippen molar-refractivity contribution in [3.05, 3.63) is 39.7 Å². The molecule has 0 aliphatic carbocycles. The Labute approximate surface area is 113 Å². The van der Waals surface area contributed by atoms with Gasteiger partial charge in [0.2, 0.25) is 5.82 Å². The second-order valence-electron chi connectivity index (χ2n) is 4.93. The number of hydrogen-bond acceptors (Lipinski definition) is 3. The number of nitro groups is 1. The van der Waals surface area contributed by atoms with Crippen LogP contribution in [0.5, 0.6) is 0 Å². The highest BCUT2D eigenvalue weighted by molar-refractivity contribution is 5.37. The first-order valence-corrected chi connectivity index (χ1v) is 6.62. The van der Waals surface area contributed by atoms with Crippen LogP contribution < -0.4 is 5.32 Å². The molecule has 1 N–H and O–H groups in total. The Kier molecular flexibility index (Phi) is 5.89. The zero-order valence-electron chi connectivity index (χ0n) is 11.6. The average Bonchev–Trinajstić information content (AvgIpc) is 2.37. The standard InChI is InChI=1S/C14H21FN2O2/c1-4-8-16-11(3)10(2)9-12-6-5-7-13(14(12)15)17(18)19/h5-7,10-11,16H,4,8-9H2,1-3H3. The average molecular weight is 268 g/mol. The summed E-state index contributed by atoms with van der Waals surface area (Å²) in [7, 11) is 0. The molecule has 0 amide bonds. The normalized spacial score (nSPS) is 14.1. The predicted molar refractivity (Wildman–Crippen MR) is 73.7 cm³/mol. The zero-order chi connectivity index (χ0) is 14.4. The molecule has 2 atom stereocenters. The van der Waals surface area contributed by atoms with Gasteiger partial charge in [-0.1, -0.05) is 26.0 Å².